The smallest absolute Gasteiger partial charge is 0.213 e. The van der Waals surface area contributed by atoms with Gasteiger partial charge in [-0.05, 0) is 30.7 Å². The summed E-state index contributed by atoms with van der Waals surface area (Å²) in [5, 5.41) is 6.71. The fourth-order valence-corrected chi connectivity index (χ4v) is 3.39. The summed E-state index contributed by atoms with van der Waals surface area (Å²) < 4.78 is 24.1. The van der Waals surface area contributed by atoms with Crippen LogP contribution in [-0.4, -0.2) is 62.3 Å². The van der Waals surface area contributed by atoms with E-state index >= 15 is 0 Å². The van der Waals surface area contributed by atoms with Crippen LogP contribution >= 0.6 is 24.0 Å². The lowest BCUT2D eigenvalue weighted by Gasteiger charge is -2.35. The van der Waals surface area contributed by atoms with Gasteiger partial charge in [0.25, 0.3) is 0 Å². The van der Waals surface area contributed by atoms with Crippen LogP contribution in [0, 0.1) is 5.82 Å². The number of hydrogen-bond donors (Lipinski definition) is 2. The number of hydrogen-bond acceptors (Lipinski definition) is 5. The normalized spacial score (nSPS) is 15.6. The Hall–Kier alpha value is -1.98. The van der Waals surface area contributed by atoms with Gasteiger partial charge in [0, 0.05) is 32.2 Å². The summed E-state index contributed by atoms with van der Waals surface area (Å²) in [5.74, 6) is 1.06. The average molecular weight is 543 g/mol. The quantitative estimate of drug-likeness (QED) is 0.303. The molecule has 2 N–H and O–H groups in total. The van der Waals surface area contributed by atoms with E-state index in [2.05, 4.69) is 25.5 Å². The highest BCUT2D eigenvalue weighted by atomic mass is 127. The molecule has 1 aromatic heterocycles. The van der Waals surface area contributed by atoms with Crippen molar-refractivity contribution in [1.29, 1.82) is 0 Å². The molecule has 31 heavy (non-hydrogen) atoms. The number of guanidine groups is 1. The van der Waals surface area contributed by atoms with Gasteiger partial charge in [-0.25, -0.2) is 14.4 Å². The second-order valence-corrected chi connectivity index (χ2v) is 6.96. The Labute approximate surface area is 200 Å². The van der Waals surface area contributed by atoms with Crippen LogP contribution in [0.4, 0.5) is 4.39 Å². The number of nitrogens with zero attached hydrogens (tertiary/aromatic N) is 3. The Kier molecular flexibility index (Phi) is 11.0. The number of nitrogens with one attached hydrogen (secondary N) is 2. The number of benzene rings is 1. The summed E-state index contributed by atoms with van der Waals surface area (Å²) >= 11 is 0. The van der Waals surface area contributed by atoms with Crippen LogP contribution < -0.4 is 15.4 Å². The van der Waals surface area contributed by atoms with E-state index in [1.54, 1.807) is 7.11 Å². The molecule has 0 amide bonds. The number of ether oxygens (including phenoxy) is 2. The van der Waals surface area contributed by atoms with Gasteiger partial charge in [-0.2, -0.15) is 0 Å². The zero-order valence-electron chi connectivity index (χ0n) is 18.0. The van der Waals surface area contributed by atoms with Gasteiger partial charge in [0.05, 0.1) is 38.6 Å². The van der Waals surface area contributed by atoms with E-state index in [0.717, 1.165) is 30.9 Å². The first-order valence-corrected chi connectivity index (χ1v) is 10.3. The number of morpholine rings is 1. The Morgan fingerprint density at radius 2 is 1.94 bits per heavy atom. The molecule has 1 aliphatic rings. The van der Waals surface area contributed by atoms with Gasteiger partial charge >= 0.3 is 0 Å². The van der Waals surface area contributed by atoms with Gasteiger partial charge in [-0.15, -0.1) is 24.0 Å². The molecule has 170 valence electrons. The lowest BCUT2D eigenvalue weighted by molar-refractivity contribution is 0.0170. The molecule has 0 spiro atoms. The number of rotatable bonds is 8. The molecule has 1 aliphatic heterocycles. The summed E-state index contributed by atoms with van der Waals surface area (Å²) in [6.07, 6.45) is 0. The monoisotopic (exact) mass is 543 g/mol. The molecule has 2 heterocycles. The van der Waals surface area contributed by atoms with Crippen LogP contribution in [0.1, 0.15) is 24.2 Å². The minimum absolute atomic E-state index is 0. The zero-order valence-corrected chi connectivity index (χ0v) is 20.3. The molecule has 0 saturated carbocycles. The van der Waals surface area contributed by atoms with Crippen LogP contribution in [0.25, 0.3) is 0 Å². The van der Waals surface area contributed by atoms with Crippen molar-refractivity contribution < 1.29 is 13.9 Å². The standard InChI is InChI=1S/C22H30FN5O2.HI/c1-3-24-22(25-15-19-5-4-6-21(27-19)29-2)26-16-20(28-11-13-30-14-12-28)17-7-9-18(23)10-8-17;/h4-10,20H,3,11-16H2,1-2H3,(H2,24,25,26);1H. The first kappa shape index (κ1) is 25.3. The Bertz CT molecular complexity index is 816. The Morgan fingerprint density at radius 1 is 1.19 bits per heavy atom. The number of aliphatic imine (C=N–C) groups is 1. The highest BCUT2D eigenvalue weighted by Gasteiger charge is 2.23. The summed E-state index contributed by atoms with van der Waals surface area (Å²) in [6.45, 7) is 6.93. The number of aromatic nitrogens is 1. The van der Waals surface area contributed by atoms with Crippen molar-refractivity contribution in [2.75, 3.05) is 46.5 Å². The second kappa shape index (κ2) is 13.4. The van der Waals surface area contributed by atoms with E-state index in [1.165, 1.54) is 12.1 Å². The van der Waals surface area contributed by atoms with Crippen LogP contribution in [0.2, 0.25) is 0 Å². The predicted octanol–water partition coefficient (Wildman–Crippen LogP) is 2.98. The van der Waals surface area contributed by atoms with Crippen molar-refractivity contribution in [2.45, 2.75) is 19.5 Å². The van der Waals surface area contributed by atoms with Crippen molar-refractivity contribution in [1.82, 2.24) is 20.5 Å². The van der Waals surface area contributed by atoms with E-state index in [-0.39, 0.29) is 35.8 Å². The molecule has 1 saturated heterocycles. The summed E-state index contributed by atoms with van der Waals surface area (Å²) in [5.41, 5.74) is 1.89. The maximum absolute atomic E-state index is 13.4. The van der Waals surface area contributed by atoms with Gasteiger partial charge in [0.15, 0.2) is 5.96 Å². The molecule has 7 nitrogen and oxygen atoms in total. The number of halogens is 2. The summed E-state index contributed by atoms with van der Waals surface area (Å²) in [7, 11) is 1.60. The highest BCUT2D eigenvalue weighted by Crippen LogP contribution is 2.21. The third-order valence-corrected chi connectivity index (χ3v) is 4.94. The molecule has 9 heteroatoms. The number of methoxy groups -OCH3 is 1. The van der Waals surface area contributed by atoms with Crippen molar-refractivity contribution in [2.24, 2.45) is 4.99 Å². The largest absolute Gasteiger partial charge is 0.481 e. The van der Waals surface area contributed by atoms with E-state index in [4.69, 9.17) is 9.47 Å². The van der Waals surface area contributed by atoms with Crippen LogP contribution in [-0.2, 0) is 11.3 Å². The first-order valence-electron chi connectivity index (χ1n) is 10.3. The van der Waals surface area contributed by atoms with Crippen molar-refractivity contribution in [3.63, 3.8) is 0 Å². The van der Waals surface area contributed by atoms with Crippen LogP contribution in [0.3, 0.4) is 0 Å². The third kappa shape index (κ3) is 7.89. The third-order valence-electron chi connectivity index (χ3n) is 4.94. The molecule has 1 aromatic carbocycles. The van der Waals surface area contributed by atoms with Crippen LogP contribution in [0.15, 0.2) is 47.5 Å². The van der Waals surface area contributed by atoms with Gasteiger partial charge in [-0.3, -0.25) is 4.90 Å². The van der Waals surface area contributed by atoms with Gasteiger partial charge < -0.3 is 20.1 Å². The lowest BCUT2D eigenvalue weighted by Crippen LogP contribution is -2.46. The Morgan fingerprint density at radius 3 is 2.61 bits per heavy atom. The van der Waals surface area contributed by atoms with Crippen molar-refractivity contribution in [3.8, 4) is 5.88 Å². The molecule has 3 rings (SSSR count). The molecule has 1 unspecified atom stereocenters. The van der Waals surface area contributed by atoms with Crippen molar-refractivity contribution in [3.05, 3.63) is 59.5 Å². The topological polar surface area (TPSA) is 71.0 Å². The minimum Gasteiger partial charge on any atom is -0.481 e. The predicted molar refractivity (Wildman–Crippen MR) is 131 cm³/mol. The number of pyridine rings is 1. The summed E-state index contributed by atoms with van der Waals surface area (Å²) in [4.78, 5) is 11.4. The minimum atomic E-state index is -0.229. The average Bonchev–Trinajstić information content (AvgIpc) is 2.79. The fourth-order valence-electron chi connectivity index (χ4n) is 3.39. The van der Waals surface area contributed by atoms with Gasteiger partial charge in [0.1, 0.15) is 5.82 Å². The molecule has 0 radical (unpaired) electrons. The first-order chi connectivity index (χ1) is 14.7. The molecule has 0 bridgehead atoms. The van der Waals surface area contributed by atoms with Crippen LogP contribution in [0.5, 0.6) is 5.88 Å². The highest BCUT2D eigenvalue weighted by molar-refractivity contribution is 14.0. The lowest BCUT2D eigenvalue weighted by atomic mass is 10.0. The molecular weight excluding hydrogens is 512 g/mol. The molecule has 1 atom stereocenters. The van der Waals surface area contributed by atoms with Gasteiger partial charge in [0.2, 0.25) is 5.88 Å². The Balaban J connectivity index is 0.00000341. The van der Waals surface area contributed by atoms with E-state index in [1.807, 2.05) is 37.3 Å². The van der Waals surface area contributed by atoms with Gasteiger partial charge in [-0.1, -0.05) is 18.2 Å². The van der Waals surface area contributed by atoms with E-state index in [9.17, 15) is 4.39 Å². The maximum atomic E-state index is 13.4. The van der Waals surface area contributed by atoms with E-state index in [0.29, 0.717) is 38.1 Å². The molecule has 1 fully saturated rings. The summed E-state index contributed by atoms with van der Waals surface area (Å²) in [6, 6.07) is 12.4. The molecular formula is C22H31FIN5O2. The molecule has 2 aromatic rings. The second-order valence-electron chi connectivity index (χ2n) is 6.96. The maximum Gasteiger partial charge on any atom is 0.213 e. The van der Waals surface area contributed by atoms with E-state index < -0.39 is 0 Å². The van der Waals surface area contributed by atoms with Crippen molar-refractivity contribution >= 4 is 29.9 Å². The zero-order chi connectivity index (χ0) is 21.2. The SMILES string of the molecule is CCNC(=NCc1cccc(OC)n1)NCC(c1ccc(F)cc1)N1CCOCC1.I. The fraction of sp³-hybridized carbons (Fsp3) is 0.455. The molecule has 0 aliphatic carbocycles.